The van der Waals surface area contributed by atoms with Gasteiger partial charge in [0.1, 0.15) is 12.2 Å². The summed E-state index contributed by atoms with van der Waals surface area (Å²) in [6.07, 6.45) is -5.32. The zero-order valence-corrected chi connectivity index (χ0v) is 8.31. The Bertz CT molecular complexity index is 476. The van der Waals surface area contributed by atoms with Crippen LogP contribution in [0.4, 0.5) is 23.2 Å². The highest BCUT2D eigenvalue weighted by molar-refractivity contribution is 5.92. The van der Waals surface area contributed by atoms with E-state index in [9.17, 15) is 22.4 Å². The molecule has 1 N–H and O–H groups in total. The molecule has 1 aromatic rings. The molecule has 90 valence electrons. The van der Waals surface area contributed by atoms with Crippen molar-refractivity contribution in [2.24, 2.45) is 0 Å². The van der Waals surface area contributed by atoms with E-state index in [0.29, 0.717) is 12.1 Å². The van der Waals surface area contributed by atoms with Crippen LogP contribution in [0.3, 0.4) is 0 Å². The molecular formula is C10H6F4N2O. The van der Waals surface area contributed by atoms with Crippen LogP contribution in [0.2, 0.25) is 0 Å². The molecule has 1 amide bonds. The minimum atomic E-state index is -4.83. The molecule has 0 aromatic heterocycles. The first-order chi connectivity index (χ1) is 7.84. The highest BCUT2D eigenvalue weighted by atomic mass is 19.4. The Morgan fingerprint density at radius 2 is 2.06 bits per heavy atom. The van der Waals surface area contributed by atoms with Gasteiger partial charge in [0.2, 0.25) is 5.91 Å². The number of carbonyl (C=O) groups excluding carboxylic acids is 1. The van der Waals surface area contributed by atoms with Crippen molar-refractivity contribution >= 4 is 11.6 Å². The van der Waals surface area contributed by atoms with Gasteiger partial charge in [-0.1, -0.05) is 0 Å². The lowest BCUT2D eigenvalue weighted by Crippen LogP contribution is -2.13. The first kappa shape index (κ1) is 13.0. The van der Waals surface area contributed by atoms with Crippen molar-refractivity contribution in [1.82, 2.24) is 0 Å². The third-order valence-corrected chi connectivity index (χ3v) is 1.80. The van der Waals surface area contributed by atoms with Crippen molar-refractivity contribution in [3.05, 3.63) is 29.6 Å². The second-order valence-electron chi connectivity index (χ2n) is 3.08. The fourth-order valence-corrected chi connectivity index (χ4v) is 1.10. The summed E-state index contributed by atoms with van der Waals surface area (Å²) in [6.45, 7) is 0. The highest BCUT2D eigenvalue weighted by Gasteiger charge is 2.34. The number of amides is 1. The summed E-state index contributed by atoms with van der Waals surface area (Å²) < 4.78 is 49.8. The molecule has 1 rings (SSSR count). The Morgan fingerprint density at radius 3 is 2.59 bits per heavy atom. The summed E-state index contributed by atoms with van der Waals surface area (Å²) >= 11 is 0. The quantitative estimate of drug-likeness (QED) is 0.815. The van der Waals surface area contributed by atoms with Crippen molar-refractivity contribution in [2.45, 2.75) is 12.6 Å². The van der Waals surface area contributed by atoms with E-state index in [2.05, 4.69) is 5.32 Å². The predicted molar refractivity (Wildman–Crippen MR) is 50.3 cm³/mol. The SMILES string of the molecule is N#CCC(=O)Nc1ccc(F)c(C(F)(F)F)c1. The maximum atomic E-state index is 12.9. The van der Waals surface area contributed by atoms with Gasteiger partial charge in [0.15, 0.2) is 0 Å². The van der Waals surface area contributed by atoms with Gasteiger partial charge >= 0.3 is 6.18 Å². The fraction of sp³-hybridized carbons (Fsp3) is 0.200. The van der Waals surface area contributed by atoms with Gasteiger partial charge in [-0.25, -0.2) is 4.39 Å². The smallest absolute Gasteiger partial charge is 0.325 e. The second-order valence-corrected chi connectivity index (χ2v) is 3.08. The number of nitrogens with one attached hydrogen (secondary N) is 1. The van der Waals surface area contributed by atoms with Crippen molar-refractivity contribution in [1.29, 1.82) is 5.26 Å². The van der Waals surface area contributed by atoms with Gasteiger partial charge in [0.05, 0.1) is 11.6 Å². The number of anilines is 1. The number of carbonyl (C=O) groups is 1. The lowest BCUT2D eigenvalue weighted by molar-refractivity contribution is -0.140. The summed E-state index contributed by atoms with van der Waals surface area (Å²) in [5, 5.41) is 10.2. The van der Waals surface area contributed by atoms with E-state index in [0.717, 1.165) is 6.07 Å². The predicted octanol–water partition coefficient (Wildman–Crippen LogP) is 2.70. The molecule has 0 saturated heterocycles. The molecule has 0 atom stereocenters. The molecule has 0 radical (unpaired) electrons. The molecule has 0 unspecified atom stereocenters. The van der Waals surface area contributed by atoms with Gasteiger partial charge in [-0.3, -0.25) is 4.79 Å². The van der Waals surface area contributed by atoms with E-state index < -0.39 is 29.9 Å². The Labute approximate surface area is 93.7 Å². The molecule has 0 aliphatic carbocycles. The number of hydrogen-bond acceptors (Lipinski definition) is 2. The van der Waals surface area contributed by atoms with Gasteiger partial charge in [-0.05, 0) is 18.2 Å². The molecule has 3 nitrogen and oxygen atoms in total. The lowest BCUT2D eigenvalue weighted by atomic mass is 10.2. The van der Waals surface area contributed by atoms with E-state index in [1.54, 1.807) is 0 Å². The minimum absolute atomic E-state index is 0.209. The van der Waals surface area contributed by atoms with Gasteiger partial charge < -0.3 is 5.32 Å². The number of benzene rings is 1. The van der Waals surface area contributed by atoms with Crippen LogP contribution in [0.15, 0.2) is 18.2 Å². The Balaban J connectivity index is 2.98. The van der Waals surface area contributed by atoms with Crippen LogP contribution in [0.25, 0.3) is 0 Å². The van der Waals surface area contributed by atoms with Crippen LogP contribution in [0.5, 0.6) is 0 Å². The largest absolute Gasteiger partial charge is 0.419 e. The summed E-state index contributed by atoms with van der Waals surface area (Å²) in [4.78, 5) is 10.9. The third-order valence-electron chi connectivity index (χ3n) is 1.80. The van der Waals surface area contributed by atoms with Gasteiger partial charge in [0.25, 0.3) is 0 Å². The molecule has 0 fully saturated rings. The second kappa shape index (κ2) is 4.82. The van der Waals surface area contributed by atoms with Crippen molar-refractivity contribution in [3.63, 3.8) is 0 Å². The average molecular weight is 246 g/mol. The monoisotopic (exact) mass is 246 g/mol. The van der Waals surface area contributed by atoms with Crippen molar-refractivity contribution < 1.29 is 22.4 Å². The summed E-state index contributed by atoms with van der Waals surface area (Å²) in [7, 11) is 0. The van der Waals surface area contributed by atoms with E-state index in [-0.39, 0.29) is 5.69 Å². The number of nitrogens with zero attached hydrogens (tertiary/aromatic N) is 1. The Morgan fingerprint density at radius 1 is 1.41 bits per heavy atom. The summed E-state index contributed by atoms with van der Waals surface area (Å²) in [5.41, 5.74) is -1.67. The molecule has 1 aromatic carbocycles. The zero-order chi connectivity index (χ0) is 13.1. The number of nitriles is 1. The van der Waals surface area contributed by atoms with Gasteiger partial charge in [-0.15, -0.1) is 0 Å². The number of rotatable bonds is 2. The Hall–Kier alpha value is -2.10. The minimum Gasteiger partial charge on any atom is -0.325 e. The van der Waals surface area contributed by atoms with Crippen LogP contribution in [-0.4, -0.2) is 5.91 Å². The summed E-state index contributed by atoms with van der Waals surface area (Å²) in [6, 6.07) is 3.60. The maximum Gasteiger partial charge on any atom is 0.419 e. The van der Waals surface area contributed by atoms with Crippen LogP contribution in [0.1, 0.15) is 12.0 Å². The normalized spacial score (nSPS) is 10.8. The van der Waals surface area contributed by atoms with E-state index in [4.69, 9.17) is 5.26 Å². The first-order valence-corrected chi connectivity index (χ1v) is 4.38. The van der Waals surface area contributed by atoms with Crippen LogP contribution in [-0.2, 0) is 11.0 Å². The molecule has 0 saturated carbocycles. The highest BCUT2D eigenvalue weighted by Crippen LogP contribution is 2.32. The van der Waals surface area contributed by atoms with Crippen LogP contribution >= 0.6 is 0 Å². The number of alkyl halides is 3. The summed E-state index contributed by atoms with van der Waals surface area (Å²) in [5.74, 6) is -2.18. The molecule has 0 heterocycles. The Kier molecular flexibility index (Phi) is 3.68. The average Bonchev–Trinajstić information content (AvgIpc) is 2.19. The lowest BCUT2D eigenvalue weighted by Gasteiger charge is -2.10. The molecule has 7 heteroatoms. The number of halogens is 4. The molecule has 17 heavy (non-hydrogen) atoms. The van der Waals surface area contributed by atoms with E-state index in [1.807, 2.05) is 0 Å². The van der Waals surface area contributed by atoms with Crippen LogP contribution < -0.4 is 5.32 Å². The first-order valence-electron chi connectivity index (χ1n) is 4.38. The molecule has 0 spiro atoms. The topological polar surface area (TPSA) is 52.9 Å². The van der Waals surface area contributed by atoms with Crippen LogP contribution in [0, 0.1) is 17.1 Å². The standard InChI is InChI=1S/C10H6F4N2O/c11-8-2-1-6(16-9(17)3-4-15)5-7(8)10(12,13)14/h1-2,5H,3H2,(H,16,17). The fourth-order valence-electron chi connectivity index (χ4n) is 1.10. The van der Waals surface area contributed by atoms with Crippen molar-refractivity contribution in [2.75, 3.05) is 5.32 Å². The third kappa shape index (κ3) is 3.45. The molecule has 0 aliphatic rings. The van der Waals surface area contributed by atoms with Crippen molar-refractivity contribution in [3.8, 4) is 6.07 Å². The zero-order valence-electron chi connectivity index (χ0n) is 8.31. The van der Waals surface area contributed by atoms with Gasteiger partial charge in [-0.2, -0.15) is 18.4 Å². The molecule has 0 aliphatic heterocycles. The van der Waals surface area contributed by atoms with E-state index >= 15 is 0 Å². The number of hydrogen-bond donors (Lipinski definition) is 1. The van der Waals surface area contributed by atoms with Gasteiger partial charge in [0, 0.05) is 5.69 Å². The van der Waals surface area contributed by atoms with E-state index in [1.165, 1.54) is 6.07 Å². The maximum absolute atomic E-state index is 12.9. The molecular weight excluding hydrogens is 240 g/mol. The molecule has 0 bridgehead atoms.